The van der Waals surface area contributed by atoms with Crippen LogP contribution in [0.5, 0.6) is 11.5 Å². The number of hydrogen-bond acceptors (Lipinski definition) is 10. The van der Waals surface area contributed by atoms with E-state index in [4.69, 9.17) is 9.47 Å². The smallest absolute Gasteiger partial charge is 0.294 e. The van der Waals surface area contributed by atoms with Crippen LogP contribution in [0.3, 0.4) is 0 Å². The third-order valence-corrected chi connectivity index (χ3v) is 4.27. The molecule has 0 unspecified atom stereocenters. The molecule has 1 aromatic carbocycles. The molecule has 2 amide bonds. The highest BCUT2D eigenvalue weighted by Gasteiger charge is 2.14. The molecule has 13 heteroatoms. The largest absolute Gasteiger partial charge is 0.454 e. The molecular formula is C15H12N8O4S. The van der Waals surface area contributed by atoms with Gasteiger partial charge in [0.15, 0.2) is 11.5 Å². The number of carbonyl (C=O) groups excluding carboxylic acids is 2. The van der Waals surface area contributed by atoms with Crippen molar-refractivity contribution in [2.45, 2.75) is 6.42 Å². The number of nitrogens with one attached hydrogen (secondary N) is 3. The van der Waals surface area contributed by atoms with Crippen LogP contribution in [0.2, 0.25) is 0 Å². The van der Waals surface area contributed by atoms with E-state index in [0.29, 0.717) is 16.5 Å². The highest BCUT2D eigenvalue weighted by atomic mass is 32.1. The molecule has 0 atom stereocenters. The van der Waals surface area contributed by atoms with E-state index in [0.717, 1.165) is 16.9 Å². The summed E-state index contributed by atoms with van der Waals surface area (Å²) in [6.45, 7) is 0.190. The Bertz CT molecular complexity index is 1030. The molecule has 0 saturated heterocycles. The van der Waals surface area contributed by atoms with Gasteiger partial charge >= 0.3 is 0 Å². The highest BCUT2D eigenvalue weighted by molar-refractivity contribution is 7.15. The summed E-state index contributed by atoms with van der Waals surface area (Å²) in [6, 6.07) is 5.31. The van der Waals surface area contributed by atoms with Gasteiger partial charge in [0.25, 0.3) is 5.91 Å². The number of aromatic amines is 1. The number of amides is 2. The number of benzene rings is 1. The fraction of sp³-hybridized carbons (Fsp3) is 0.133. The van der Waals surface area contributed by atoms with Crippen LogP contribution in [0.15, 0.2) is 29.6 Å². The average molecular weight is 400 g/mol. The Labute approximate surface area is 161 Å². The van der Waals surface area contributed by atoms with Crippen LogP contribution in [0.25, 0.3) is 0 Å². The number of fused-ring (bicyclic) bond motifs is 1. The van der Waals surface area contributed by atoms with Crippen LogP contribution in [-0.2, 0) is 11.2 Å². The standard InChI is InChI=1S/C15H12N8O4S/c24-11(20-17-5-8-1-2-9-10(3-8)27-7-26-9)4-12-21-23-15(28-12)19-14(25)13-16-6-18-22-13/h1-3,5-6H,4,7H2,(H,20,24)(H,16,18,22)(H,19,23,25). The maximum atomic E-state index is 12.0. The van der Waals surface area contributed by atoms with Crippen LogP contribution in [0, 0.1) is 0 Å². The Morgan fingerprint density at radius 1 is 1.29 bits per heavy atom. The molecule has 3 heterocycles. The van der Waals surface area contributed by atoms with Crippen LogP contribution in [0.1, 0.15) is 21.2 Å². The van der Waals surface area contributed by atoms with Gasteiger partial charge in [-0.3, -0.25) is 20.0 Å². The van der Waals surface area contributed by atoms with E-state index in [1.54, 1.807) is 18.2 Å². The summed E-state index contributed by atoms with van der Waals surface area (Å²) >= 11 is 1.07. The summed E-state index contributed by atoms with van der Waals surface area (Å²) in [4.78, 5) is 27.5. The first kappa shape index (κ1) is 17.5. The van der Waals surface area contributed by atoms with Crippen molar-refractivity contribution in [3.05, 3.63) is 40.9 Å². The fourth-order valence-corrected chi connectivity index (χ4v) is 2.93. The minimum Gasteiger partial charge on any atom is -0.454 e. The van der Waals surface area contributed by atoms with Gasteiger partial charge in [-0.15, -0.1) is 10.2 Å². The summed E-state index contributed by atoms with van der Waals surface area (Å²) in [5.41, 5.74) is 3.15. The van der Waals surface area contributed by atoms with Gasteiger partial charge in [-0.1, -0.05) is 11.3 Å². The van der Waals surface area contributed by atoms with Crippen molar-refractivity contribution >= 4 is 34.5 Å². The van der Waals surface area contributed by atoms with Crippen molar-refractivity contribution < 1.29 is 19.1 Å². The second-order valence-corrected chi connectivity index (χ2v) is 6.43. The predicted molar refractivity (Wildman–Crippen MR) is 96.3 cm³/mol. The number of hydrogen-bond donors (Lipinski definition) is 3. The number of H-pyrrole nitrogens is 1. The normalized spacial score (nSPS) is 12.3. The summed E-state index contributed by atoms with van der Waals surface area (Å²) in [7, 11) is 0. The van der Waals surface area contributed by atoms with Crippen molar-refractivity contribution in [2.75, 3.05) is 12.1 Å². The summed E-state index contributed by atoms with van der Waals surface area (Å²) in [5.74, 6) is 0.472. The van der Waals surface area contributed by atoms with Crippen LogP contribution in [-0.4, -0.2) is 50.2 Å². The Kier molecular flexibility index (Phi) is 4.88. The summed E-state index contributed by atoms with van der Waals surface area (Å²) in [6.07, 6.45) is 2.67. The van der Waals surface area contributed by atoms with E-state index in [2.05, 4.69) is 41.2 Å². The van der Waals surface area contributed by atoms with Crippen molar-refractivity contribution in [1.29, 1.82) is 0 Å². The number of rotatable bonds is 6. The molecule has 1 aliphatic heterocycles. The molecule has 3 N–H and O–H groups in total. The predicted octanol–water partition coefficient (Wildman–Crippen LogP) is 0.330. The molecule has 0 aliphatic carbocycles. The highest BCUT2D eigenvalue weighted by Crippen LogP contribution is 2.31. The van der Waals surface area contributed by atoms with Gasteiger partial charge in [0, 0.05) is 0 Å². The molecule has 4 rings (SSSR count). The lowest BCUT2D eigenvalue weighted by atomic mass is 10.2. The Hall–Kier alpha value is -3.87. The minimum atomic E-state index is -0.502. The topological polar surface area (TPSA) is 156 Å². The fourth-order valence-electron chi connectivity index (χ4n) is 2.20. The molecule has 142 valence electrons. The van der Waals surface area contributed by atoms with Gasteiger partial charge in [-0.25, -0.2) is 10.4 Å². The zero-order chi connectivity index (χ0) is 19.3. The van der Waals surface area contributed by atoms with E-state index in [1.165, 1.54) is 12.5 Å². The van der Waals surface area contributed by atoms with Gasteiger partial charge < -0.3 is 9.47 Å². The minimum absolute atomic E-state index is 0.0334. The van der Waals surface area contributed by atoms with Crippen molar-refractivity contribution in [3.63, 3.8) is 0 Å². The number of aromatic nitrogens is 5. The first-order valence-corrected chi connectivity index (χ1v) is 8.70. The molecular weight excluding hydrogens is 388 g/mol. The van der Waals surface area contributed by atoms with Crippen LogP contribution < -0.4 is 20.2 Å². The van der Waals surface area contributed by atoms with Crippen molar-refractivity contribution in [1.82, 2.24) is 30.8 Å². The molecule has 12 nitrogen and oxygen atoms in total. The van der Waals surface area contributed by atoms with Crippen LogP contribution >= 0.6 is 11.3 Å². The Balaban J connectivity index is 1.28. The molecule has 3 aromatic rings. The second kappa shape index (κ2) is 7.79. The summed E-state index contributed by atoms with van der Waals surface area (Å²) in [5, 5.41) is 20.8. The third-order valence-electron chi connectivity index (χ3n) is 3.43. The quantitative estimate of drug-likeness (QED) is 0.395. The molecule has 0 fully saturated rings. The summed E-state index contributed by atoms with van der Waals surface area (Å²) < 4.78 is 10.5. The molecule has 0 bridgehead atoms. The Morgan fingerprint density at radius 3 is 3.04 bits per heavy atom. The first-order chi connectivity index (χ1) is 13.7. The molecule has 0 radical (unpaired) electrons. The molecule has 2 aromatic heterocycles. The van der Waals surface area contributed by atoms with Crippen LogP contribution in [0.4, 0.5) is 5.13 Å². The third kappa shape index (κ3) is 4.09. The molecule has 0 spiro atoms. The van der Waals surface area contributed by atoms with E-state index in [1.807, 2.05) is 0 Å². The van der Waals surface area contributed by atoms with Gasteiger partial charge in [0.1, 0.15) is 11.3 Å². The zero-order valence-electron chi connectivity index (χ0n) is 14.1. The lowest BCUT2D eigenvalue weighted by molar-refractivity contribution is -0.120. The van der Waals surface area contributed by atoms with Gasteiger partial charge in [-0.05, 0) is 23.8 Å². The van der Waals surface area contributed by atoms with E-state index >= 15 is 0 Å². The number of hydrazone groups is 1. The number of anilines is 1. The Morgan fingerprint density at radius 2 is 2.18 bits per heavy atom. The van der Waals surface area contributed by atoms with E-state index in [9.17, 15) is 9.59 Å². The lowest BCUT2D eigenvalue weighted by Crippen LogP contribution is -2.19. The first-order valence-electron chi connectivity index (χ1n) is 7.88. The zero-order valence-corrected chi connectivity index (χ0v) is 14.9. The van der Waals surface area contributed by atoms with Gasteiger partial charge in [-0.2, -0.15) is 10.2 Å². The lowest BCUT2D eigenvalue weighted by Gasteiger charge is -1.98. The monoisotopic (exact) mass is 400 g/mol. The second-order valence-electron chi connectivity index (χ2n) is 5.37. The van der Waals surface area contributed by atoms with E-state index in [-0.39, 0.29) is 30.1 Å². The average Bonchev–Trinajstić information content (AvgIpc) is 3.43. The number of ether oxygens (including phenoxy) is 2. The van der Waals surface area contributed by atoms with Gasteiger partial charge in [0.05, 0.1) is 12.6 Å². The molecule has 0 saturated carbocycles. The number of carbonyl (C=O) groups is 2. The van der Waals surface area contributed by atoms with Gasteiger partial charge in [0.2, 0.25) is 23.7 Å². The van der Waals surface area contributed by atoms with E-state index < -0.39 is 5.91 Å². The SMILES string of the molecule is O=C(Cc1nnc(NC(=O)c2ncn[nH]2)s1)NN=Cc1ccc2c(c1)OCO2. The molecule has 1 aliphatic rings. The van der Waals surface area contributed by atoms with Crippen molar-refractivity contribution in [2.24, 2.45) is 5.10 Å². The maximum absolute atomic E-state index is 12.0. The number of nitrogens with zero attached hydrogens (tertiary/aromatic N) is 5. The molecule has 28 heavy (non-hydrogen) atoms. The van der Waals surface area contributed by atoms with Crippen molar-refractivity contribution in [3.8, 4) is 11.5 Å². The maximum Gasteiger partial charge on any atom is 0.294 e.